The number of urea groups is 1. The summed E-state index contributed by atoms with van der Waals surface area (Å²) in [5.74, 6) is -5.53. The van der Waals surface area contributed by atoms with Crippen LogP contribution < -0.4 is 37.0 Å². The first kappa shape index (κ1) is 71.8. The zero-order valence-corrected chi connectivity index (χ0v) is 54.2. The van der Waals surface area contributed by atoms with Gasteiger partial charge in [0.25, 0.3) is 17.7 Å². The molecule has 480 valence electrons. The topological polar surface area (TPSA) is 322 Å². The van der Waals surface area contributed by atoms with Crippen molar-refractivity contribution < 1.29 is 61.1 Å². The fourth-order valence-electron chi connectivity index (χ4n) is 10.3. The molecule has 1 saturated carbocycles. The third-order valence-electron chi connectivity index (χ3n) is 15.5. The number of carbonyl (C=O) groups is 10. The van der Waals surface area contributed by atoms with E-state index in [1.807, 2.05) is 58.0 Å². The van der Waals surface area contributed by atoms with Crippen LogP contribution in [0.4, 0.5) is 9.59 Å². The maximum absolute atomic E-state index is 14.7. The number of hydrogen-bond donors (Lipinski definition) is 7. The number of nitrogens with two attached hydrogens (primary N) is 1. The van der Waals surface area contributed by atoms with E-state index in [4.69, 9.17) is 10.5 Å². The van der Waals surface area contributed by atoms with Crippen LogP contribution >= 0.6 is 0 Å². The molecule has 2 aliphatic rings. The highest BCUT2D eigenvalue weighted by Crippen LogP contribution is 2.46. The van der Waals surface area contributed by atoms with E-state index >= 15 is 0 Å². The molecule has 1 fully saturated rings. The Morgan fingerprint density at radius 3 is 1.87 bits per heavy atom. The number of nitrogens with zero attached hydrogens (tertiary/aromatic N) is 3. The van der Waals surface area contributed by atoms with Crippen molar-refractivity contribution in [2.24, 2.45) is 23.0 Å². The van der Waals surface area contributed by atoms with Crippen molar-refractivity contribution in [1.82, 2.24) is 46.0 Å². The summed E-state index contributed by atoms with van der Waals surface area (Å²) < 4.78 is 35.1. The minimum atomic E-state index is -4.31. The van der Waals surface area contributed by atoms with Crippen molar-refractivity contribution in [1.29, 1.82) is 0 Å². The highest BCUT2D eigenvalue weighted by Gasteiger charge is 2.48. The van der Waals surface area contributed by atoms with Crippen molar-refractivity contribution in [3.63, 3.8) is 0 Å². The normalized spacial score (nSPS) is 16.0. The lowest BCUT2D eigenvalue weighted by Crippen LogP contribution is -2.63. The summed E-state index contributed by atoms with van der Waals surface area (Å²) in [6.07, 6.45) is 6.20. The van der Waals surface area contributed by atoms with Gasteiger partial charge in [0.05, 0.1) is 17.3 Å². The number of primary amides is 1. The van der Waals surface area contributed by atoms with Crippen LogP contribution in [0.15, 0.2) is 78.4 Å². The Hall–Kier alpha value is -7.63. The van der Waals surface area contributed by atoms with Gasteiger partial charge in [0, 0.05) is 56.7 Å². The van der Waals surface area contributed by atoms with Gasteiger partial charge in [-0.05, 0) is 100 Å². The van der Waals surface area contributed by atoms with E-state index in [9.17, 15) is 56.4 Å². The third kappa shape index (κ3) is 21.0. The number of hydrogen-bond acceptors (Lipinski definition) is 13. The van der Waals surface area contributed by atoms with E-state index in [0.717, 1.165) is 10.5 Å². The second-order valence-corrected chi connectivity index (χ2v) is 27.9. The number of benzene rings is 2. The van der Waals surface area contributed by atoms with Crippen LogP contribution in [-0.4, -0.2) is 145 Å². The molecule has 0 unspecified atom stereocenters. The van der Waals surface area contributed by atoms with Gasteiger partial charge in [-0.3, -0.25) is 48.2 Å². The Morgan fingerprint density at radius 1 is 0.747 bits per heavy atom. The summed E-state index contributed by atoms with van der Waals surface area (Å²) in [6, 6.07) is 9.84. The quantitative estimate of drug-likeness (QED) is 0.0290. The Balaban J connectivity index is 1.44. The molecule has 87 heavy (non-hydrogen) atoms. The predicted molar refractivity (Wildman–Crippen MR) is 330 cm³/mol. The number of carbonyl (C=O) groups excluding carboxylic acids is 10. The maximum atomic E-state index is 14.7. The van der Waals surface area contributed by atoms with Crippen LogP contribution in [0.3, 0.4) is 0 Å². The van der Waals surface area contributed by atoms with Crippen molar-refractivity contribution in [3.05, 3.63) is 95.1 Å². The SMILES string of the molecule is C/C(=C\[C@H](C(C)C)N(C)C(=O)[C@@H](NC(=O)[C@@H](N(C)C(=O)OC(C)(C)C)C(C)(C)c1ccccc1)C(C)(C)C)C(=O)NS(=O)(=O)Cc1ccc(C2(NC(=O)[C@H](CCCNC(N)=O)NC(=O)[C@@H](NC(=O)CCCCCN3C(=O)C=CC3=O)C(C)C)CC2)cc1. The van der Waals surface area contributed by atoms with Gasteiger partial charge in [-0.25, -0.2) is 22.7 Å². The molecule has 0 aromatic heterocycles. The van der Waals surface area contributed by atoms with Crippen molar-refractivity contribution in [2.45, 2.75) is 194 Å². The molecule has 0 spiro atoms. The van der Waals surface area contributed by atoms with Crippen molar-refractivity contribution >= 4 is 69.4 Å². The van der Waals surface area contributed by atoms with Crippen LogP contribution in [0.25, 0.3) is 0 Å². The summed E-state index contributed by atoms with van der Waals surface area (Å²) in [4.78, 5) is 137. The summed E-state index contributed by atoms with van der Waals surface area (Å²) in [6.45, 7) is 23.2. The average molecular weight is 1230 g/mol. The standard InChI is InChI=1S/C63H94N10O13S/c1-39(2)46(71(14)57(81)51(60(6,7)8)68-56(80)52(72(15)59(83)86-61(9,10)11)62(12,13)43-23-18-16-19-24-43)37-41(5)53(77)70-87(84,85)38-42-27-29-44(30-28-42)63(33-34-63)69-54(78)45(25-22-35-65-58(64)82)66-55(79)50(40(3)4)67-47(74)26-20-17-21-36-73-48(75)31-32-49(73)76/h16,18-19,23-24,27-32,37,39-40,45-46,50-52H,17,20-22,25-26,33-36,38H2,1-15H3,(H,66,79)(H,67,74)(H,68,80)(H,69,78)(H,70,77)(H3,64,65,82)/b41-37+/t45-,46+,50-,51+,52+/m0/s1. The molecule has 0 radical (unpaired) electrons. The largest absolute Gasteiger partial charge is 0.444 e. The predicted octanol–water partition coefficient (Wildman–Crippen LogP) is 5.47. The summed E-state index contributed by atoms with van der Waals surface area (Å²) in [7, 11) is -1.28. The van der Waals surface area contributed by atoms with E-state index in [0.29, 0.717) is 43.2 Å². The second kappa shape index (κ2) is 30.3. The lowest BCUT2D eigenvalue weighted by atomic mass is 9.76. The zero-order valence-electron chi connectivity index (χ0n) is 53.4. The molecule has 1 heterocycles. The Morgan fingerprint density at radius 2 is 1.34 bits per heavy atom. The van der Waals surface area contributed by atoms with E-state index in [-0.39, 0.29) is 67.5 Å². The molecule has 5 atom stereocenters. The first-order valence-corrected chi connectivity index (χ1v) is 31.4. The minimum absolute atomic E-state index is 0.0106. The lowest BCUT2D eigenvalue weighted by molar-refractivity contribution is -0.142. The first-order chi connectivity index (χ1) is 40.3. The number of unbranched alkanes of at least 4 members (excludes halogenated alkanes) is 2. The molecule has 8 N–H and O–H groups in total. The molecule has 24 heteroatoms. The molecule has 2 aromatic carbocycles. The number of imide groups is 1. The Labute approximate surface area is 513 Å². The van der Waals surface area contributed by atoms with Crippen LogP contribution in [0, 0.1) is 17.3 Å². The Kier molecular flexibility index (Phi) is 25.0. The number of rotatable bonds is 30. The summed E-state index contributed by atoms with van der Waals surface area (Å²) >= 11 is 0. The summed E-state index contributed by atoms with van der Waals surface area (Å²) in [5, 5.41) is 14.1. The number of nitrogens with one attached hydrogen (secondary N) is 6. The molecule has 2 aromatic rings. The maximum Gasteiger partial charge on any atom is 0.410 e. The number of amides is 11. The van der Waals surface area contributed by atoms with Crippen molar-refractivity contribution in [3.8, 4) is 0 Å². The number of ether oxygens (including phenoxy) is 1. The fourth-order valence-corrected chi connectivity index (χ4v) is 11.4. The third-order valence-corrected chi connectivity index (χ3v) is 16.7. The lowest BCUT2D eigenvalue weighted by Gasteiger charge is -2.42. The molecule has 23 nitrogen and oxygen atoms in total. The van der Waals surface area contributed by atoms with Crippen LogP contribution in [0.2, 0.25) is 0 Å². The molecule has 0 bridgehead atoms. The van der Waals surface area contributed by atoms with Gasteiger partial charge in [-0.2, -0.15) is 0 Å². The molecular weight excluding hydrogens is 1140 g/mol. The summed E-state index contributed by atoms with van der Waals surface area (Å²) in [5.41, 5.74) is 3.46. The highest BCUT2D eigenvalue weighted by molar-refractivity contribution is 7.89. The monoisotopic (exact) mass is 1230 g/mol. The number of likely N-dealkylation sites (N-methyl/N-ethyl adjacent to an activating group) is 2. The van der Waals surface area contributed by atoms with Gasteiger partial charge < -0.3 is 42.0 Å². The second-order valence-electron chi connectivity index (χ2n) is 26.1. The molecule has 4 rings (SSSR count). The van der Waals surface area contributed by atoms with Gasteiger partial charge in [-0.1, -0.05) is 129 Å². The number of sulfonamides is 1. The molecule has 1 aliphatic heterocycles. The van der Waals surface area contributed by atoms with Gasteiger partial charge in [0.15, 0.2) is 0 Å². The van der Waals surface area contributed by atoms with E-state index in [2.05, 4.69) is 31.3 Å². The smallest absolute Gasteiger partial charge is 0.410 e. The first-order valence-electron chi connectivity index (χ1n) is 29.7. The van der Waals surface area contributed by atoms with E-state index < -0.39 is 110 Å². The molecule has 0 saturated heterocycles. The highest BCUT2D eigenvalue weighted by atomic mass is 32.2. The average Bonchev–Trinajstić information content (AvgIpc) is 1.79. The van der Waals surface area contributed by atoms with Crippen LogP contribution in [0.5, 0.6) is 0 Å². The molecule has 1 aliphatic carbocycles. The van der Waals surface area contributed by atoms with E-state index in [1.165, 1.54) is 42.0 Å². The van der Waals surface area contributed by atoms with Crippen LogP contribution in [0.1, 0.15) is 158 Å². The molecule has 11 amide bonds. The van der Waals surface area contributed by atoms with Crippen LogP contribution in [-0.2, 0) is 69.8 Å². The van der Waals surface area contributed by atoms with Gasteiger partial charge >= 0.3 is 12.1 Å². The van der Waals surface area contributed by atoms with Gasteiger partial charge in [-0.15, -0.1) is 0 Å². The van der Waals surface area contributed by atoms with Gasteiger partial charge in [0.2, 0.25) is 39.6 Å². The Bertz CT molecular complexity index is 2980. The zero-order chi connectivity index (χ0) is 65.6. The molecular formula is C63H94N10O13S. The van der Waals surface area contributed by atoms with Crippen molar-refractivity contribution in [2.75, 3.05) is 27.2 Å². The van der Waals surface area contributed by atoms with E-state index in [1.54, 1.807) is 86.7 Å². The van der Waals surface area contributed by atoms with Gasteiger partial charge in [0.1, 0.15) is 29.8 Å². The fraction of sp³-hybridized carbons (Fsp3) is 0.587. The minimum Gasteiger partial charge on any atom is -0.444 e.